The maximum atomic E-state index is 12.0. The van der Waals surface area contributed by atoms with E-state index in [9.17, 15) is 4.79 Å². The van der Waals surface area contributed by atoms with Crippen LogP contribution in [0.4, 0.5) is 5.69 Å². The van der Waals surface area contributed by atoms with Gasteiger partial charge in [-0.25, -0.2) is 9.97 Å². The molecule has 0 aliphatic carbocycles. The Morgan fingerprint density at radius 2 is 2.26 bits per heavy atom. The second kappa shape index (κ2) is 5.99. The number of rotatable bonds is 5. The molecule has 0 spiro atoms. The van der Waals surface area contributed by atoms with Crippen LogP contribution in [-0.2, 0) is 0 Å². The Hall–Kier alpha value is -2.37. The predicted molar refractivity (Wildman–Crippen MR) is 72.9 cm³/mol. The average molecular weight is 259 g/mol. The van der Waals surface area contributed by atoms with Crippen LogP contribution in [-0.4, -0.2) is 27.4 Å². The molecule has 0 bridgehead atoms. The monoisotopic (exact) mass is 259 g/mol. The third-order valence-corrected chi connectivity index (χ3v) is 2.65. The van der Waals surface area contributed by atoms with E-state index in [1.165, 1.54) is 0 Å². The lowest BCUT2D eigenvalue weighted by atomic mass is 10.2. The number of hydrogen-bond donors (Lipinski definition) is 3. The van der Waals surface area contributed by atoms with Crippen molar-refractivity contribution in [2.75, 3.05) is 11.9 Å². The first-order valence-corrected chi connectivity index (χ1v) is 6.20. The van der Waals surface area contributed by atoms with Gasteiger partial charge in [0.15, 0.2) is 0 Å². The van der Waals surface area contributed by atoms with Crippen LogP contribution in [0.5, 0.6) is 0 Å². The van der Waals surface area contributed by atoms with Crippen LogP contribution in [0, 0.1) is 0 Å². The van der Waals surface area contributed by atoms with E-state index in [1.54, 1.807) is 24.7 Å². The lowest BCUT2D eigenvalue weighted by Gasteiger charge is -2.11. The van der Waals surface area contributed by atoms with Crippen molar-refractivity contribution in [2.45, 2.75) is 19.9 Å². The highest BCUT2D eigenvalue weighted by Gasteiger charge is 2.13. The average Bonchev–Trinajstić information content (AvgIpc) is 2.94. The zero-order valence-corrected chi connectivity index (χ0v) is 11.0. The summed E-state index contributed by atoms with van der Waals surface area (Å²) in [7, 11) is 0. The molecule has 2 rings (SSSR count). The Balaban J connectivity index is 1.99. The summed E-state index contributed by atoms with van der Waals surface area (Å²) in [6, 6.07) is 3.35. The smallest absolute Gasteiger partial charge is 0.270 e. The lowest BCUT2D eigenvalue weighted by Crippen LogP contribution is -2.28. The number of imidazole rings is 1. The molecular formula is C13H17N5O. The van der Waals surface area contributed by atoms with E-state index in [2.05, 4.69) is 25.6 Å². The minimum atomic E-state index is -0.216. The van der Waals surface area contributed by atoms with E-state index in [4.69, 9.17) is 0 Å². The van der Waals surface area contributed by atoms with E-state index in [0.717, 1.165) is 18.1 Å². The van der Waals surface area contributed by atoms with Crippen molar-refractivity contribution < 1.29 is 4.79 Å². The number of pyridine rings is 1. The number of nitrogens with zero attached hydrogens (tertiary/aromatic N) is 2. The second-order valence-corrected chi connectivity index (χ2v) is 4.13. The van der Waals surface area contributed by atoms with Gasteiger partial charge in [-0.1, -0.05) is 0 Å². The maximum Gasteiger partial charge on any atom is 0.270 e. The van der Waals surface area contributed by atoms with Gasteiger partial charge in [-0.2, -0.15) is 0 Å². The van der Waals surface area contributed by atoms with Gasteiger partial charge >= 0.3 is 0 Å². The van der Waals surface area contributed by atoms with Gasteiger partial charge in [-0.05, 0) is 26.0 Å². The number of aromatic amines is 1. The number of hydrogen-bond acceptors (Lipinski definition) is 4. The third-order valence-electron chi connectivity index (χ3n) is 2.65. The molecule has 0 fully saturated rings. The third kappa shape index (κ3) is 3.31. The van der Waals surface area contributed by atoms with Crippen molar-refractivity contribution in [3.63, 3.8) is 0 Å². The second-order valence-electron chi connectivity index (χ2n) is 4.13. The first-order chi connectivity index (χ1) is 9.20. The van der Waals surface area contributed by atoms with E-state index in [-0.39, 0.29) is 11.9 Å². The first kappa shape index (κ1) is 13.1. The molecule has 19 heavy (non-hydrogen) atoms. The molecule has 0 aliphatic heterocycles. The molecule has 0 aliphatic rings. The quantitative estimate of drug-likeness (QED) is 0.763. The van der Waals surface area contributed by atoms with Gasteiger partial charge in [0.1, 0.15) is 11.5 Å². The van der Waals surface area contributed by atoms with Crippen molar-refractivity contribution in [3.05, 3.63) is 42.2 Å². The minimum Gasteiger partial charge on any atom is -0.384 e. The number of aromatic nitrogens is 3. The van der Waals surface area contributed by atoms with Crippen molar-refractivity contribution in [1.29, 1.82) is 0 Å². The van der Waals surface area contributed by atoms with Crippen LogP contribution in [0.25, 0.3) is 0 Å². The standard InChI is InChI=1S/C13H17N5O/c1-3-14-10-4-5-11(17-8-10)13(19)18-9(2)12-15-6-7-16-12/h4-9,14H,3H2,1-2H3,(H,15,16)(H,18,19). The van der Waals surface area contributed by atoms with Gasteiger partial charge < -0.3 is 15.6 Å². The van der Waals surface area contributed by atoms with Crippen molar-refractivity contribution in [1.82, 2.24) is 20.3 Å². The van der Waals surface area contributed by atoms with Crippen LogP contribution in [0.2, 0.25) is 0 Å². The Labute approximate surface area is 111 Å². The molecule has 100 valence electrons. The molecule has 3 N–H and O–H groups in total. The van der Waals surface area contributed by atoms with Crippen molar-refractivity contribution >= 4 is 11.6 Å². The summed E-state index contributed by atoms with van der Waals surface area (Å²) >= 11 is 0. The minimum absolute atomic E-state index is 0.183. The highest BCUT2D eigenvalue weighted by atomic mass is 16.1. The molecule has 0 saturated heterocycles. The molecule has 2 aromatic heterocycles. The van der Waals surface area contributed by atoms with Gasteiger partial charge in [0.2, 0.25) is 0 Å². The molecule has 0 radical (unpaired) electrons. The van der Waals surface area contributed by atoms with E-state index in [1.807, 2.05) is 19.9 Å². The summed E-state index contributed by atoms with van der Waals surface area (Å²) < 4.78 is 0. The molecule has 2 heterocycles. The summed E-state index contributed by atoms with van der Waals surface area (Å²) in [5, 5.41) is 5.96. The summed E-state index contributed by atoms with van der Waals surface area (Å²) in [6.07, 6.45) is 5.03. The Kier molecular flexibility index (Phi) is 4.12. The summed E-state index contributed by atoms with van der Waals surface area (Å²) in [5.41, 5.74) is 1.29. The van der Waals surface area contributed by atoms with Gasteiger partial charge in [-0.3, -0.25) is 4.79 Å². The zero-order chi connectivity index (χ0) is 13.7. The van der Waals surface area contributed by atoms with Gasteiger partial charge in [0.25, 0.3) is 5.91 Å². The summed E-state index contributed by atoms with van der Waals surface area (Å²) in [5.74, 6) is 0.504. The van der Waals surface area contributed by atoms with Crippen LogP contribution < -0.4 is 10.6 Å². The molecule has 1 unspecified atom stereocenters. The molecule has 6 nitrogen and oxygen atoms in total. The number of H-pyrrole nitrogens is 1. The highest BCUT2D eigenvalue weighted by molar-refractivity contribution is 5.92. The van der Waals surface area contributed by atoms with Gasteiger partial charge in [-0.15, -0.1) is 0 Å². The van der Waals surface area contributed by atoms with E-state index in [0.29, 0.717) is 5.69 Å². The highest BCUT2D eigenvalue weighted by Crippen LogP contribution is 2.09. The van der Waals surface area contributed by atoms with Crippen LogP contribution in [0.3, 0.4) is 0 Å². The Morgan fingerprint density at radius 1 is 1.42 bits per heavy atom. The van der Waals surface area contributed by atoms with Gasteiger partial charge in [0.05, 0.1) is 17.9 Å². The first-order valence-electron chi connectivity index (χ1n) is 6.20. The van der Waals surface area contributed by atoms with Crippen molar-refractivity contribution in [3.8, 4) is 0 Å². The van der Waals surface area contributed by atoms with Crippen molar-refractivity contribution in [2.24, 2.45) is 0 Å². The summed E-state index contributed by atoms with van der Waals surface area (Å²) in [6.45, 7) is 4.69. The number of carbonyl (C=O) groups is 1. The fourth-order valence-corrected chi connectivity index (χ4v) is 1.69. The molecule has 1 atom stereocenters. The molecule has 0 aromatic carbocycles. The molecule has 1 amide bonds. The predicted octanol–water partition coefficient (Wildman–Crippen LogP) is 1.73. The van der Waals surface area contributed by atoms with E-state index >= 15 is 0 Å². The van der Waals surface area contributed by atoms with Crippen LogP contribution in [0.15, 0.2) is 30.7 Å². The molecular weight excluding hydrogens is 242 g/mol. The SMILES string of the molecule is CCNc1ccc(C(=O)NC(C)c2ncc[nH]2)nc1. The molecule has 0 saturated carbocycles. The van der Waals surface area contributed by atoms with Crippen LogP contribution in [0.1, 0.15) is 36.2 Å². The maximum absolute atomic E-state index is 12.0. The normalized spacial score (nSPS) is 11.9. The summed E-state index contributed by atoms with van der Waals surface area (Å²) in [4.78, 5) is 23.2. The Morgan fingerprint density at radius 3 is 2.84 bits per heavy atom. The molecule has 6 heteroatoms. The largest absolute Gasteiger partial charge is 0.384 e. The van der Waals surface area contributed by atoms with Gasteiger partial charge in [0, 0.05) is 18.9 Å². The number of amides is 1. The zero-order valence-electron chi connectivity index (χ0n) is 11.0. The molecule has 2 aromatic rings. The lowest BCUT2D eigenvalue weighted by molar-refractivity contribution is 0.0933. The Bertz CT molecular complexity index is 520. The topological polar surface area (TPSA) is 82.7 Å². The number of anilines is 1. The fourth-order valence-electron chi connectivity index (χ4n) is 1.69. The fraction of sp³-hybridized carbons (Fsp3) is 0.308. The number of carbonyl (C=O) groups excluding carboxylic acids is 1. The van der Waals surface area contributed by atoms with Crippen LogP contribution >= 0.6 is 0 Å². The number of nitrogens with one attached hydrogen (secondary N) is 3. The van der Waals surface area contributed by atoms with E-state index < -0.39 is 0 Å².